The molecule has 0 saturated carbocycles. The van der Waals surface area contributed by atoms with Crippen molar-refractivity contribution in [2.24, 2.45) is 0 Å². The second kappa shape index (κ2) is 5.23. The van der Waals surface area contributed by atoms with E-state index in [0.717, 1.165) is 10.9 Å². The Morgan fingerprint density at radius 3 is 2.95 bits per heavy atom. The van der Waals surface area contributed by atoms with Gasteiger partial charge in [0.05, 0.1) is 11.5 Å². The lowest BCUT2D eigenvalue weighted by atomic mass is 10.2. The first kappa shape index (κ1) is 12.6. The van der Waals surface area contributed by atoms with E-state index >= 15 is 0 Å². The van der Waals surface area contributed by atoms with E-state index in [1.807, 2.05) is 0 Å². The van der Waals surface area contributed by atoms with E-state index < -0.39 is 4.92 Å². The number of nitrogens with zero attached hydrogens (tertiary/aromatic N) is 2. The van der Waals surface area contributed by atoms with Gasteiger partial charge in [0, 0.05) is 29.2 Å². The van der Waals surface area contributed by atoms with Gasteiger partial charge in [-0.1, -0.05) is 5.92 Å². The highest BCUT2D eigenvalue weighted by Crippen LogP contribution is 2.21. The lowest BCUT2D eigenvalue weighted by Gasteiger charge is -2.05. The first-order chi connectivity index (χ1) is 9.11. The summed E-state index contributed by atoms with van der Waals surface area (Å²) < 4.78 is 1.71. The summed E-state index contributed by atoms with van der Waals surface area (Å²) in [5, 5.41) is 13.9. The Morgan fingerprint density at radius 2 is 2.26 bits per heavy atom. The zero-order valence-corrected chi connectivity index (χ0v) is 10.00. The van der Waals surface area contributed by atoms with Gasteiger partial charge in [-0.05, 0) is 12.1 Å². The van der Waals surface area contributed by atoms with Gasteiger partial charge >= 0.3 is 0 Å². The number of amides is 1. The summed E-state index contributed by atoms with van der Waals surface area (Å²) >= 11 is 0. The Bertz CT molecular complexity index is 682. The molecule has 0 unspecified atom stereocenters. The number of hydrogen-bond donors (Lipinski definition) is 1. The van der Waals surface area contributed by atoms with Crippen LogP contribution in [-0.2, 0) is 11.3 Å². The first-order valence-corrected chi connectivity index (χ1v) is 5.55. The highest BCUT2D eigenvalue weighted by molar-refractivity contribution is 5.85. The minimum absolute atomic E-state index is 0.0297. The van der Waals surface area contributed by atoms with Crippen LogP contribution in [0.3, 0.4) is 0 Å². The monoisotopic (exact) mass is 257 g/mol. The second-order valence-electron chi connectivity index (χ2n) is 3.92. The second-order valence-corrected chi connectivity index (χ2v) is 3.92. The summed E-state index contributed by atoms with van der Waals surface area (Å²) in [5.41, 5.74) is 0.795. The molecular weight excluding hydrogens is 246 g/mol. The number of benzene rings is 1. The maximum absolute atomic E-state index is 11.6. The molecule has 1 aromatic heterocycles. The number of aromatic nitrogens is 1. The van der Waals surface area contributed by atoms with E-state index in [1.165, 1.54) is 12.1 Å². The van der Waals surface area contributed by atoms with Gasteiger partial charge in [0.2, 0.25) is 5.91 Å². The lowest BCUT2D eigenvalue weighted by molar-refractivity contribution is -0.384. The van der Waals surface area contributed by atoms with Crippen molar-refractivity contribution < 1.29 is 9.72 Å². The van der Waals surface area contributed by atoms with Gasteiger partial charge in [-0.25, -0.2) is 0 Å². The number of fused-ring (bicyclic) bond motifs is 1. The molecule has 0 bridgehead atoms. The molecule has 0 spiro atoms. The third kappa shape index (κ3) is 2.72. The van der Waals surface area contributed by atoms with Gasteiger partial charge in [-0.15, -0.1) is 6.42 Å². The molecule has 0 aliphatic rings. The van der Waals surface area contributed by atoms with Crippen molar-refractivity contribution in [3.63, 3.8) is 0 Å². The summed E-state index contributed by atoms with van der Waals surface area (Å²) in [7, 11) is 0. The molecule has 0 fully saturated rings. The number of hydrogen-bond acceptors (Lipinski definition) is 3. The van der Waals surface area contributed by atoms with Crippen molar-refractivity contribution in [1.29, 1.82) is 0 Å². The third-order valence-corrected chi connectivity index (χ3v) is 2.67. The van der Waals surface area contributed by atoms with Gasteiger partial charge in [0.1, 0.15) is 6.54 Å². The smallest absolute Gasteiger partial charge is 0.270 e. The van der Waals surface area contributed by atoms with Crippen LogP contribution in [-0.4, -0.2) is 21.9 Å². The molecule has 0 atom stereocenters. The van der Waals surface area contributed by atoms with Crippen LogP contribution in [0, 0.1) is 22.5 Å². The number of terminal acetylenes is 1. The molecule has 2 aromatic rings. The third-order valence-electron chi connectivity index (χ3n) is 2.67. The van der Waals surface area contributed by atoms with E-state index in [2.05, 4.69) is 11.2 Å². The Morgan fingerprint density at radius 1 is 1.47 bits per heavy atom. The van der Waals surface area contributed by atoms with Crippen LogP contribution < -0.4 is 5.32 Å². The molecule has 1 N–H and O–H groups in total. The number of nitro benzene ring substituents is 1. The Kier molecular flexibility index (Phi) is 3.48. The van der Waals surface area contributed by atoms with Crippen molar-refractivity contribution in [3.05, 3.63) is 40.6 Å². The molecule has 6 nitrogen and oxygen atoms in total. The van der Waals surface area contributed by atoms with Crippen LogP contribution in [0.25, 0.3) is 10.9 Å². The molecule has 0 radical (unpaired) electrons. The molecule has 2 rings (SSSR count). The molecule has 6 heteroatoms. The Balaban J connectivity index is 2.24. The number of carbonyl (C=O) groups is 1. The topological polar surface area (TPSA) is 77.2 Å². The molecule has 19 heavy (non-hydrogen) atoms. The van der Waals surface area contributed by atoms with Crippen LogP contribution in [0.5, 0.6) is 0 Å². The summed E-state index contributed by atoms with van der Waals surface area (Å²) in [6, 6.07) is 6.25. The lowest BCUT2D eigenvalue weighted by Crippen LogP contribution is -2.27. The highest BCUT2D eigenvalue weighted by Gasteiger charge is 2.10. The number of rotatable bonds is 4. The Labute approximate surface area is 109 Å². The summed E-state index contributed by atoms with van der Waals surface area (Å²) in [4.78, 5) is 21.8. The van der Waals surface area contributed by atoms with E-state index in [-0.39, 0.29) is 24.7 Å². The van der Waals surface area contributed by atoms with Crippen molar-refractivity contribution >= 4 is 22.5 Å². The zero-order valence-electron chi connectivity index (χ0n) is 10.00. The van der Waals surface area contributed by atoms with Gasteiger partial charge in [-0.3, -0.25) is 14.9 Å². The zero-order chi connectivity index (χ0) is 13.8. The quantitative estimate of drug-likeness (QED) is 0.509. The average Bonchev–Trinajstić information content (AvgIpc) is 2.78. The van der Waals surface area contributed by atoms with E-state index in [9.17, 15) is 14.9 Å². The molecule has 0 saturated heterocycles. The van der Waals surface area contributed by atoms with E-state index in [1.54, 1.807) is 22.9 Å². The summed E-state index contributed by atoms with van der Waals surface area (Å²) in [5.74, 6) is 2.12. The van der Waals surface area contributed by atoms with Crippen LogP contribution in [0.1, 0.15) is 0 Å². The van der Waals surface area contributed by atoms with Crippen LogP contribution >= 0.6 is 0 Å². The van der Waals surface area contributed by atoms with Gasteiger partial charge in [-0.2, -0.15) is 0 Å². The molecule has 0 aliphatic heterocycles. The molecule has 1 amide bonds. The van der Waals surface area contributed by atoms with Crippen molar-refractivity contribution in [3.8, 4) is 12.3 Å². The fraction of sp³-hybridized carbons (Fsp3) is 0.154. The fourth-order valence-corrected chi connectivity index (χ4v) is 1.80. The molecule has 1 aromatic carbocycles. The SMILES string of the molecule is C#CCNC(=O)Cn1ccc2cc([N+](=O)[O-])ccc21. The first-order valence-electron chi connectivity index (χ1n) is 5.55. The molecule has 96 valence electrons. The average molecular weight is 257 g/mol. The minimum atomic E-state index is -0.448. The number of non-ortho nitro benzene ring substituents is 1. The Hall–Kier alpha value is -2.81. The molecular formula is C13H11N3O3. The largest absolute Gasteiger partial charge is 0.344 e. The normalized spacial score (nSPS) is 10.1. The predicted molar refractivity (Wildman–Crippen MR) is 70.4 cm³/mol. The fourth-order valence-electron chi connectivity index (χ4n) is 1.80. The van der Waals surface area contributed by atoms with Crippen LogP contribution in [0.2, 0.25) is 0 Å². The van der Waals surface area contributed by atoms with E-state index in [0.29, 0.717) is 0 Å². The van der Waals surface area contributed by atoms with Crippen LogP contribution in [0.15, 0.2) is 30.5 Å². The van der Waals surface area contributed by atoms with E-state index in [4.69, 9.17) is 6.42 Å². The summed E-state index contributed by atoms with van der Waals surface area (Å²) in [6.45, 7) is 0.312. The molecule has 0 aliphatic carbocycles. The van der Waals surface area contributed by atoms with Crippen molar-refractivity contribution in [1.82, 2.24) is 9.88 Å². The number of carbonyl (C=O) groups excluding carboxylic acids is 1. The van der Waals surface area contributed by atoms with Crippen LogP contribution in [0.4, 0.5) is 5.69 Å². The number of nitrogens with one attached hydrogen (secondary N) is 1. The van der Waals surface area contributed by atoms with Gasteiger partial charge in [0.25, 0.3) is 5.69 Å². The maximum Gasteiger partial charge on any atom is 0.270 e. The standard InChI is InChI=1S/C13H11N3O3/c1-2-6-14-13(17)9-15-7-5-10-8-11(16(18)19)3-4-12(10)15/h1,3-5,7-8H,6,9H2,(H,14,17). The minimum Gasteiger partial charge on any atom is -0.344 e. The van der Waals surface area contributed by atoms with Gasteiger partial charge < -0.3 is 9.88 Å². The number of nitro groups is 1. The summed E-state index contributed by atoms with van der Waals surface area (Å²) in [6.07, 6.45) is 6.76. The molecule has 1 heterocycles. The van der Waals surface area contributed by atoms with Crippen molar-refractivity contribution in [2.75, 3.05) is 6.54 Å². The van der Waals surface area contributed by atoms with Gasteiger partial charge in [0.15, 0.2) is 0 Å². The van der Waals surface area contributed by atoms with Crippen molar-refractivity contribution in [2.45, 2.75) is 6.54 Å². The maximum atomic E-state index is 11.6. The highest BCUT2D eigenvalue weighted by atomic mass is 16.6. The predicted octanol–water partition coefficient (Wildman–Crippen LogP) is 1.30.